The summed E-state index contributed by atoms with van der Waals surface area (Å²) in [6.45, 7) is 0.0867. The molecule has 0 unspecified atom stereocenters. The van der Waals surface area contributed by atoms with E-state index >= 15 is 0 Å². The highest BCUT2D eigenvalue weighted by Crippen LogP contribution is 2.33. The van der Waals surface area contributed by atoms with Crippen molar-refractivity contribution < 1.29 is 13.5 Å². The monoisotopic (exact) mass is 338 g/mol. The van der Waals surface area contributed by atoms with E-state index in [1.54, 1.807) is 6.07 Å². The molecule has 2 rings (SSSR count). The van der Waals surface area contributed by atoms with Gasteiger partial charge in [0.25, 0.3) is 0 Å². The summed E-state index contributed by atoms with van der Waals surface area (Å²) < 4.78 is 32.1. The molecule has 2 aromatic carbocycles. The van der Waals surface area contributed by atoms with Crippen molar-refractivity contribution in [2.45, 2.75) is 6.61 Å². The zero-order valence-corrected chi connectivity index (χ0v) is 11.7. The molecule has 0 atom stereocenters. The second-order valence-corrected chi connectivity index (χ2v) is 4.87. The molecule has 0 spiro atoms. The molecule has 0 saturated carbocycles. The molecule has 0 aromatic heterocycles. The fourth-order valence-electron chi connectivity index (χ4n) is 1.64. The van der Waals surface area contributed by atoms with Gasteiger partial charge in [0.05, 0.1) is 15.7 Å². The lowest BCUT2D eigenvalue weighted by molar-refractivity contribution is 0.305. The molecule has 102 valence electrons. The van der Waals surface area contributed by atoms with Crippen LogP contribution in [0.3, 0.4) is 0 Å². The standard InChI is InChI=1S/C14H9BrF2N2O/c15-11-4-10(16)5-13(19)14(11)20-7-8-1-2-12(17)9(3-8)6-18/h1-5H,7,19H2. The fourth-order valence-corrected chi connectivity index (χ4v) is 2.20. The van der Waals surface area contributed by atoms with Crippen LogP contribution in [-0.2, 0) is 6.61 Å². The van der Waals surface area contributed by atoms with Gasteiger partial charge in [-0.15, -0.1) is 0 Å². The fraction of sp³-hybridized carbons (Fsp3) is 0.0714. The molecule has 6 heteroatoms. The van der Waals surface area contributed by atoms with Gasteiger partial charge in [0.2, 0.25) is 0 Å². The summed E-state index contributed by atoms with van der Waals surface area (Å²) in [6, 6.07) is 8.22. The Bertz CT molecular complexity index is 675. The first-order valence-corrected chi connectivity index (χ1v) is 6.36. The number of nitrogen functional groups attached to an aromatic ring is 1. The predicted octanol–water partition coefficient (Wildman–Crippen LogP) is 3.76. The lowest BCUT2D eigenvalue weighted by atomic mass is 10.1. The van der Waals surface area contributed by atoms with Gasteiger partial charge in [-0.25, -0.2) is 8.78 Å². The van der Waals surface area contributed by atoms with E-state index < -0.39 is 11.6 Å². The van der Waals surface area contributed by atoms with Crippen LogP contribution in [0.4, 0.5) is 14.5 Å². The number of benzene rings is 2. The highest BCUT2D eigenvalue weighted by atomic mass is 79.9. The van der Waals surface area contributed by atoms with Gasteiger partial charge in [-0.3, -0.25) is 0 Å². The molecular weight excluding hydrogens is 330 g/mol. The Kier molecular flexibility index (Phi) is 4.20. The number of halogens is 3. The first kappa shape index (κ1) is 14.3. The van der Waals surface area contributed by atoms with E-state index in [9.17, 15) is 8.78 Å². The van der Waals surface area contributed by atoms with Crippen molar-refractivity contribution in [2.75, 3.05) is 5.73 Å². The lowest BCUT2D eigenvalue weighted by Crippen LogP contribution is -2.01. The molecule has 0 fully saturated rings. The van der Waals surface area contributed by atoms with E-state index in [2.05, 4.69) is 15.9 Å². The summed E-state index contributed by atoms with van der Waals surface area (Å²) in [5, 5.41) is 8.75. The highest BCUT2D eigenvalue weighted by Gasteiger charge is 2.10. The maximum absolute atomic E-state index is 13.2. The topological polar surface area (TPSA) is 59.0 Å². The van der Waals surface area contributed by atoms with Crippen molar-refractivity contribution in [3.05, 3.63) is 57.6 Å². The molecule has 0 saturated heterocycles. The summed E-state index contributed by atoms with van der Waals surface area (Å²) in [5.74, 6) is -0.761. The van der Waals surface area contributed by atoms with Gasteiger partial charge in [0, 0.05) is 6.07 Å². The third-order valence-electron chi connectivity index (χ3n) is 2.57. The van der Waals surface area contributed by atoms with Crippen LogP contribution in [0.5, 0.6) is 5.75 Å². The average Bonchev–Trinajstić information content (AvgIpc) is 2.39. The largest absolute Gasteiger partial charge is 0.486 e. The van der Waals surface area contributed by atoms with Crippen LogP contribution in [0, 0.1) is 23.0 Å². The van der Waals surface area contributed by atoms with Crippen molar-refractivity contribution in [1.82, 2.24) is 0 Å². The third-order valence-corrected chi connectivity index (χ3v) is 3.16. The molecule has 0 aliphatic heterocycles. The van der Waals surface area contributed by atoms with Crippen molar-refractivity contribution in [2.24, 2.45) is 0 Å². The lowest BCUT2D eigenvalue weighted by Gasteiger charge is -2.11. The molecule has 0 bridgehead atoms. The van der Waals surface area contributed by atoms with Crippen LogP contribution < -0.4 is 10.5 Å². The van der Waals surface area contributed by atoms with E-state index in [4.69, 9.17) is 15.7 Å². The minimum atomic E-state index is -0.585. The van der Waals surface area contributed by atoms with Gasteiger partial charge < -0.3 is 10.5 Å². The van der Waals surface area contributed by atoms with E-state index in [0.717, 1.165) is 6.07 Å². The smallest absolute Gasteiger partial charge is 0.157 e. The Balaban J connectivity index is 2.20. The molecular formula is C14H9BrF2N2O. The number of nitrogens with zero attached hydrogens (tertiary/aromatic N) is 1. The molecule has 0 radical (unpaired) electrons. The first-order chi connectivity index (χ1) is 9.51. The summed E-state index contributed by atoms with van der Waals surface area (Å²) in [5.41, 5.74) is 6.36. The summed E-state index contributed by atoms with van der Waals surface area (Å²) in [7, 11) is 0. The van der Waals surface area contributed by atoms with Crippen molar-refractivity contribution in [3.63, 3.8) is 0 Å². The van der Waals surface area contributed by atoms with Crippen LogP contribution in [0.15, 0.2) is 34.8 Å². The number of ether oxygens (including phenoxy) is 1. The van der Waals surface area contributed by atoms with E-state index in [0.29, 0.717) is 15.8 Å². The van der Waals surface area contributed by atoms with Gasteiger partial charge in [0.15, 0.2) is 5.75 Å². The highest BCUT2D eigenvalue weighted by molar-refractivity contribution is 9.10. The zero-order chi connectivity index (χ0) is 14.7. The predicted molar refractivity (Wildman–Crippen MR) is 74.0 cm³/mol. The SMILES string of the molecule is N#Cc1cc(COc2c(N)cc(F)cc2Br)ccc1F. The number of anilines is 1. The third kappa shape index (κ3) is 3.06. The molecule has 2 N–H and O–H groups in total. The molecule has 0 aliphatic rings. The van der Waals surface area contributed by atoms with Crippen LogP contribution in [-0.4, -0.2) is 0 Å². The van der Waals surface area contributed by atoms with Gasteiger partial charge in [-0.1, -0.05) is 6.07 Å². The molecule has 0 aliphatic carbocycles. The summed E-state index contributed by atoms with van der Waals surface area (Å²) in [6.07, 6.45) is 0. The molecule has 3 nitrogen and oxygen atoms in total. The van der Waals surface area contributed by atoms with E-state index in [1.165, 1.54) is 24.3 Å². The number of hydrogen-bond acceptors (Lipinski definition) is 3. The Morgan fingerprint density at radius 3 is 2.65 bits per heavy atom. The van der Waals surface area contributed by atoms with Crippen molar-refractivity contribution >= 4 is 21.6 Å². The quantitative estimate of drug-likeness (QED) is 0.867. The maximum atomic E-state index is 13.2. The minimum absolute atomic E-state index is 0.0581. The van der Waals surface area contributed by atoms with Gasteiger partial charge in [-0.2, -0.15) is 5.26 Å². The normalized spacial score (nSPS) is 10.1. The molecule has 0 heterocycles. The average molecular weight is 339 g/mol. The van der Waals surface area contributed by atoms with Crippen LogP contribution in [0.25, 0.3) is 0 Å². The Morgan fingerprint density at radius 2 is 2.00 bits per heavy atom. The van der Waals surface area contributed by atoms with Crippen LogP contribution in [0.1, 0.15) is 11.1 Å². The second-order valence-electron chi connectivity index (χ2n) is 4.02. The maximum Gasteiger partial charge on any atom is 0.157 e. The van der Waals surface area contributed by atoms with E-state index in [-0.39, 0.29) is 17.9 Å². The van der Waals surface area contributed by atoms with Gasteiger partial charge in [-0.05, 0) is 39.7 Å². The van der Waals surface area contributed by atoms with Crippen molar-refractivity contribution in [3.8, 4) is 11.8 Å². The molecule has 2 aromatic rings. The minimum Gasteiger partial charge on any atom is -0.486 e. The Hall–Kier alpha value is -2.13. The Morgan fingerprint density at radius 1 is 1.25 bits per heavy atom. The van der Waals surface area contributed by atoms with Crippen LogP contribution in [0.2, 0.25) is 0 Å². The number of rotatable bonds is 3. The second kappa shape index (κ2) is 5.88. The first-order valence-electron chi connectivity index (χ1n) is 5.57. The molecule has 20 heavy (non-hydrogen) atoms. The number of nitrogens with two attached hydrogens (primary N) is 1. The number of hydrogen-bond donors (Lipinski definition) is 1. The van der Waals surface area contributed by atoms with Gasteiger partial charge >= 0.3 is 0 Å². The summed E-state index contributed by atoms with van der Waals surface area (Å²) >= 11 is 3.15. The van der Waals surface area contributed by atoms with E-state index in [1.807, 2.05) is 0 Å². The number of nitriles is 1. The van der Waals surface area contributed by atoms with Crippen molar-refractivity contribution in [1.29, 1.82) is 5.26 Å². The zero-order valence-electron chi connectivity index (χ0n) is 10.2. The van der Waals surface area contributed by atoms with Crippen LogP contribution >= 0.6 is 15.9 Å². The molecule has 0 amide bonds. The Labute approximate surface area is 122 Å². The van der Waals surface area contributed by atoms with Gasteiger partial charge in [0.1, 0.15) is 24.3 Å². The summed E-state index contributed by atoms with van der Waals surface area (Å²) in [4.78, 5) is 0.